The number of piperazine rings is 1. The van der Waals surface area contributed by atoms with Gasteiger partial charge in [-0.1, -0.05) is 0 Å². The van der Waals surface area contributed by atoms with Crippen molar-refractivity contribution in [2.24, 2.45) is 0 Å². The molecule has 5 heterocycles. The van der Waals surface area contributed by atoms with Crippen molar-refractivity contribution in [2.45, 2.75) is 13.1 Å². The summed E-state index contributed by atoms with van der Waals surface area (Å²) in [6, 6.07) is 3.75. The Labute approximate surface area is 209 Å². The van der Waals surface area contributed by atoms with Gasteiger partial charge in [0.25, 0.3) is 5.91 Å². The van der Waals surface area contributed by atoms with Crippen LogP contribution in [0.2, 0.25) is 0 Å². The zero-order chi connectivity index (χ0) is 25.6. The molecule has 2 aliphatic rings. The number of aryl methyl sites for hydroxylation is 1. The summed E-state index contributed by atoms with van der Waals surface area (Å²) in [6.07, 6.45) is -1.64. The van der Waals surface area contributed by atoms with Gasteiger partial charge in [0.1, 0.15) is 23.1 Å². The summed E-state index contributed by atoms with van der Waals surface area (Å²) in [5, 5.41) is 3.99. The predicted octanol–water partition coefficient (Wildman–Crippen LogP) is 3.42. The maximum atomic E-state index is 13.4. The Bertz CT molecular complexity index is 1270. The second-order valence-electron chi connectivity index (χ2n) is 8.67. The van der Waals surface area contributed by atoms with Crippen LogP contribution in [0, 0.1) is 6.92 Å². The normalized spacial score (nSPS) is 16.6. The molecule has 0 atom stereocenters. The number of pyridine rings is 1. The lowest BCUT2D eigenvalue weighted by Crippen LogP contribution is -2.44. The number of rotatable bonds is 4. The van der Waals surface area contributed by atoms with Crippen LogP contribution in [0.25, 0.3) is 0 Å². The highest BCUT2D eigenvalue weighted by atomic mass is 32.1. The van der Waals surface area contributed by atoms with E-state index >= 15 is 0 Å². The number of anilines is 6. The summed E-state index contributed by atoms with van der Waals surface area (Å²) in [7, 11) is 3.73. The molecule has 10 nitrogen and oxygen atoms in total. The number of likely N-dealkylation sites (N-methyl/N-ethyl adjacent to an activating group) is 1. The number of fused-ring (bicyclic) bond motifs is 2. The lowest BCUT2D eigenvalue weighted by Gasteiger charge is -2.33. The number of nitrogens with zero attached hydrogens (tertiary/aromatic N) is 8. The Kier molecular flexibility index (Phi) is 6.16. The summed E-state index contributed by atoms with van der Waals surface area (Å²) in [6.45, 7) is 4.00. The third-order valence-electron chi connectivity index (χ3n) is 6.02. The van der Waals surface area contributed by atoms with Crippen molar-refractivity contribution in [3.8, 4) is 0 Å². The average molecular weight is 520 g/mol. The SMILES string of the molecule is Cc1nc2c(s1)N(C)c1nc(Nc3ccc(N4CCN(C)CC4)cn3)ncc1N(CC(F)(F)F)C2=O. The molecule has 0 spiro atoms. The van der Waals surface area contributed by atoms with Crippen LogP contribution in [0.5, 0.6) is 0 Å². The number of hydrogen-bond donors (Lipinski definition) is 1. The molecule has 1 amide bonds. The zero-order valence-electron chi connectivity index (χ0n) is 19.9. The second kappa shape index (κ2) is 9.17. The van der Waals surface area contributed by atoms with Crippen molar-refractivity contribution < 1.29 is 18.0 Å². The van der Waals surface area contributed by atoms with Crippen LogP contribution in [-0.2, 0) is 0 Å². The third-order valence-corrected chi connectivity index (χ3v) is 7.07. The number of halogens is 3. The highest BCUT2D eigenvalue weighted by molar-refractivity contribution is 7.16. The van der Waals surface area contributed by atoms with E-state index in [-0.39, 0.29) is 23.1 Å². The Morgan fingerprint density at radius 3 is 2.47 bits per heavy atom. The molecule has 0 unspecified atom stereocenters. The number of alkyl halides is 3. The van der Waals surface area contributed by atoms with Crippen molar-refractivity contribution in [1.29, 1.82) is 0 Å². The summed E-state index contributed by atoms with van der Waals surface area (Å²) >= 11 is 1.21. The second-order valence-corrected chi connectivity index (χ2v) is 9.85. The summed E-state index contributed by atoms with van der Waals surface area (Å²) in [5.41, 5.74) is 0.912. The highest BCUT2D eigenvalue weighted by Crippen LogP contribution is 2.42. The van der Waals surface area contributed by atoms with Crippen molar-refractivity contribution in [3.63, 3.8) is 0 Å². The molecule has 0 radical (unpaired) electrons. The van der Waals surface area contributed by atoms with Crippen LogP contribution in [0.1, 0.15) is 15.5 Å². The Hall–Kier alpha value is -3.52. The van der Waals surface area contributed by atoms with E-state index in [1.54, 1.807) is 31.1 Å². The molecular weight excluding hydrogens is 495 g/mol. The topological polar surface area (TPSA) is 93.6 Å². The predicted molar refractivity (Wildman–Crippen MR) is 132 cm³/mol. The van der Waals surface area contributed by atoms with E-state index in [1.165, 1.54) is 17.5 Å². The standard InChI is InChI=1S/C22H24F3N9OS/c1-13-28-17-19(35)34(12-22(23,24)25)15-11-27-21(30-18(15)32(3)20(17)36-13)29-16-5-4-14(10-26-16)33-8-6-31(2)7-9-33/h4-5,10-11H,6-9,12H2,1-3H3,(H,26,27,29,30). The molecule has 3 aromatic heterocycles. The minimum absolute atomic E-state index is 0.0436. The van der Waals surface area contributed by atoms with Gasteiger partial charge in [0.15, 0.2) is 11.5 Å². The fraction of sp³-hybridized carbons (Fsp3) is 0.409. The lowest BCUT2D eigenvalue weighted by molar-refractivity contribution is -0.118. The van der Waals surface area contributed by atoms with Crippen LogP contribution in [0.3, 0.4) is 0 Å². The molecule has 3 aromatic rings. The molecular formula is C22H24F3N9OS. The number of nitrogens with one attached hydrogen (secondary N) is 1. The van der Waals surface area contributed by atoms with Gasteiger partial charge in [0.2, 0.25) is 5.95 Å². The van der Waals surface area contributed by atoms with Gasteiger partial charge >= 0.3 is 6.18 Å². The number of aromatic nitrogens is 4. The summed E-state index contributed by atoms with van der Waals surface area (Å²) < 4.78 is 40.1. The minimum Gasteiger partial charge on any atom is -0.368 e. The van der Waals surface area contributed by atoms with Gasteiger partial charge in [-0.05, 0) is 26.1 Å². The summed E-state index contributed by atoms with van der Waals surface area (Å²) in [5.74, 6) is -0.0597. The van der Waals surface area contributed by atoms with Gasteiger partial charge in [-0.2, -0.15) is 18.2 Å². The molecule has 14 heteroatoms. The van der Waals surface area contributed by atoms with Crippen LogP contribution in [0.15, 0.2) is 24.5 Å². The molecule has 5 rings (SSSR count). The van der Waals surface area contributed by atoms with E-state index in [0.29, 0.717) is 20.7 Å². The first-order valence-electron chi connectivity index (χ1n) is 11.2. The van der Waals surface area contributed by atoms with Crippen LogP contribution in [0.4, 0.5) is 47.1 Å². The average Bonchev–Trinajstić information content (AvgIpc) is 3.21. The van der Waals surface area contributed by atoms with E-state index in [0.717, 1.165) is 31.9 Å². The number of carbonyl (C=O) groups excluding carboxylic acids is 1. The zero-order valence-corrected chi connectivity index (χ0v) is 20.7. The number of thiazole rings is 1. The maximum absolute atomic E-state index is 13.4. The molecule has 1 fully saturated rings. The van der Waals surface area contributed by atoms with Gasteiger partial charge in [0.05, 0.1) is 23.1 Å². The summed E-state index contributed by atoms with van der Waals surface area (Å²) in [4.78, 5) is 37.0. The molecule has 190 valence electrons. The molecule has 36 heavy (non-hydrogen) atoms. The van der Waals surface area contributed by atoms with Gasteiger partial charge in [-0.25, -0.2) is 15.0 Å². The number of hydrogen-bond acceptors (Lipinski definition) is 10. The first-order chi connectivity index (χ1) is 17.1. The quantitative estimate of drug-likeness (QED) is 0.557. The Morgan fingerprint density at radius 2 is 1.81 bits per heavy atom. The smallest absolute Gasteiger partial charge is 0.368 e. The maximum Gasteiger partial charge on any atom is 0.406 e. The Morgan fingerprint density at radius 1 is 1.06 bits per heavy atom. The fourth-order valence-electron chi connectivity index (χ4n) is 4.14. The van der Waals surface area contributed by atoms with Crippen molar-refractivity contribution in [3.05, 3.63) is 35.2 Å². The molecule has 1 N–H and O–H groups in total. The first-order valence-corrected chi connectivity index (χ1v) is 12.0. The van der Waals surface area contributed by atoms with Gasteiger partial charge in [-0.3, -0.25) is 9.69 Å². The first kappa shape index (κ1) is 24.2. The van der Waals surface area contributed by atoms with Gasteiger partial charge < -0.3 is 20.0 Å². The highest BCUT2D eigenvalue weighted by Gasteiger charge is 2.40. The lowest BCUT2D eigenvalue weighted by atomic mass is 10.3. The molecule has 0 aromatic carbocycles. The van der Waals surface area contributed by atoms with Crippen LogP contribution in [-0.4, -0.2) is 83.7 Å². The van der Waals surface area contributed by atoms with E-state index < -0.39 is 18.6 Å². The monoisotopic (exact) mass is 519 g/mol. The van der Waals surface area contributed by atoms with Crippen molar-refractivity contribution >= 4 is 51.2 Å². The molecule has 0 bridgehead atoms. The number of carbonyl (C=O) groups is 1. The molecule has 0 saturated carbocycles. The van der Waals surface area contributed by atoms with Crippen LogP contribution < -0.4 is 20.0 Å². The van der Waals surface area contributed by atoms with E-state index in [1.807, 2.05) is 6.07 Å². The van der Waals surface area contributed by atoms with Crippen molar-refractivity contribution in [1.82, 2.24) is 24.8 Å². The van der Waals surface area contributed by atoms with Gasteiger partial charge in [-0.15, -0.1) is 11.3 Å². The van der Waals surface area contributed by atoms with E-state index in [2.05, 4.69) is 42.1 Å². The van der Waals surface area contributed by atoms with Crippen LogP contribution >= 0.6 is 11.3 Å². The third kappa shape index (κ3) is 4.78. The Balaban J connectivity index is 1.44. The van der Waals surface area contributed by atoms with E-state index in [4.69, 9.17) is 0 Å². The van der Waals surface area contributed by atoms with E-state index in [9.17, 15) is 18.0 Å². The largest absolute Gasteiger partial charge is 0.406 e. The van der Waals surface area contributed by atoms with Crippen molar-refractivity contribution in [2.75, 3.05) is 66.8 Å². The molecule has 2 aliphatic heterocycles. The van der Waals surface area contributed by atoms with Gasteiger partial charge in [0, 0.05) is 33.2 Å². The minimum atomic E-state index is -4.62. The molecule has 1 saturated heterocycles. The number of amides is 1. The fourth-order valence-corrected chi connectivity index (χ4v) is 5.01. The molecule has 0 aliphatic carbocycles.